The van der Waals surface area contributed by atoms with Crippen LogP contribution in [0.25, 0.3) is 0 Å². The lowest BCUT2D eigenvalue weighted by atomic mass is 10.1. The maximum absolute atomic E-state index is 14.1. The summed E-state index contributed by atoms with van der Waals surface area (Å²) in [5, 5.41) is 3.31. The average molecular weight is 623 g/mol. The Kier molecular flexibility index (Phi) is 10.9. The van der Waals surface area contributed by atoms with Gasteiger partial charge >= 0.3 is 0 Å². The number of methoxy groups -OCH3 is 2. The Morgan fingerprint density at radius 3 is 2.17 bits per heavy atom. The molecule has 0 bridgehead atoms. The summed E-state index contributed by atoms with van der Waals surface area (Å²) in [6, 6.07) is 14.8. The molecule has 41 heavy (non-hydrogen) atoms. The van der Waals surface area contributed by atoms with Crippen molar-refractivity contribution in [2.75, 3.05) is 32.1 Å². The summed E-state index contributed by atoms with van der Waals surface area (Å²) in [5.41, 5.74) is 1.60. The smallest absolute Gasteiger partial charge is 0.264 e. The van der Waals surface area contributed by atoms with Crippen LogP contribution in [0.4, 0.5) is 5.69 Å². The van der Waals surface area contributed by atoms with E-state index in [0.29, 0.717) is 21.4 Å². The molecule has 0 fully saturated rings. The van der Waals surface area contributed by atoms with Crippen molar-refractivity contribution in [1.29, 1.82) is 0 Å². The van der Waals surface area contributed by atoms with Gasteiger partial charge < -0.3 is 19.7 Å². The first-order valence-electron chi connectivity index (χ1n) is 12.7. The van der Waals surface area contributed by atoms with Crippen molar-refractivity contribution in [3.05, 3.63) is 81.8 Å². The number of nitrogens with zero attached hydrogens (tertiary/aromatic N) is 2. The Hall–Kier alpha value is -3.47. The normalized spacial score (nSPS) is 11.9. The lowest BCUT2D eigenvalue weighted by Crippen LogP contribution is -2.51. The molecule has 3 rings (SSSR count). The van der Waals surface area contributed by atoms with Gasteiger partial charge in [-0.25, -0.2) is 8.42 Å². The highest BCUT2D eigenvalue weighted by atomic mass is 35.5. The van der Waals surface area contributed by atoms with Gasteiger partial charge in [-0.05, 0) is 55.3 Å². The number of aryl methyl sites for hydroxylation is 1. The highest BCUT2D eigenvalue weighted by Crippen LogP contribution is 2.34. The van der Waals surface area contributed by atoms with Crippen LogP contribution in [0.3, 0.4) is 0 Å². The molecule has 0 saturated heterocycles. The zero-order chi connectivity index (χ0) is 30.3. The molecule has 1 N–H and O–H groups in total. The number of carbonyl (C=O) groups is 2. The molecule has 9 nitrogen and oxygen atoms in total. The number of likely N-dealkylation sites (N-methyl/N-ethyl adjacent to an activating group) is 1. The van der Waals surface area contributed by atoms with Gasteiger partial charge in [-0.2, -0.15) is 0 Å². The van der Waals surface area contributed by atoms with Gasteiger partial charge in [-0.3, -0.25) is 13.9 Å². The number of benzene rings is 3. The maximum atomic E-state index is 14.1. The molecule has 3 aromatic carbocycles. The van der Waals surface area contributed by atoms with Crippen molar-refractivity contribution in [1.82, 2.24) is 10.2 Å². The van der Waals surface area contributed by atoms with Crippen molar-refractivity contribution >= 4 is 50.7 Å². The summed E-state index contributed by atoms with van der Waals surface area (Å²) in [7, 11) is 0.122. The van der Waals surface area contributed by atoms with Crippen LogP contribution in [0.1, 0.15) is 24.5 Å². The monoisotopic (exact) mass is 621 g/mol. The summed E-state index contributed by atoms with van der Waals surface area (Å²) in [4.78, 5) is 28.2. The number of hydrogen-bond acceptors (Lipinski definition) is 6. The third-order valence-corrected chi connectivity index (χ3v) is 8.91. The van der Waals surface area contributed by atoms with E-state index in [2.05, 4.69) is 5.32 Å². The van der Waals surface area contributed by atoms with Crippen molar-refractivity contribution in [2.45, 2.75) is 37.8 Å². The summed E-state index contributed by atoms with van der Waals surface area (Å²) in [6.07, 6.45) is 0.275. The fraction of sp³-hybridized carbons (Fsp3) is 0.310. The first-order valence-corrected chi connectivity index (χ1v) is 14.9. The number of rotatable bonds is 12. The fourth-order valence-corrected chi connectivity index (χ4v) is 6.14. The third-order valence-electron chi connectivity index (χ3n) is 6.53. The standard InChI is InChI=1S/C29H33Cl2N3O6S/c1-6-25(29(36)32-3)33(17-20-9-10-21(30)15-24(20)31)28(35)18-34(22-11-14-26(39-4)27(16-22)40-5)41(37,38)23-12-7-19(2)8-13-23/h7-16,25H,6,17-18H2,1-5H3,(H,32,36)/t25-/m1/s1. The lowest BCUT2D eigenvalue weighted by Gasteiger charge is -2.33. The molecule has 12 heteroatoms. The number of ether oxygens (including phenoxy) is 2. The minimum absolute atomic E-state index is 0.00340. The molecular weight excluding hydrogens is 589 g/mol. The van der Waals surface area contributed by atoms with E-state index in [1.165, 1.54) is 50.4 Å². The largest absolute Gasteiger partial charge is 0.493 e. The van der Waals surface area contributed by atoms with Crippen LogP contribution >= 0.6 is 23.2 Å². The maximum Gasteiger partial charge on any atom is 0.264 e. The van der Waals surface area contributed by atoms with Crippen LogP contribution in [-0.2, 0) is 26.2 Å². The highest BCUT2D eigenvalue weighted by molar-refractivity contribution is 7.92. The number of carbonyl (C=O) groups excluding carboxylic acids is 2. The second-order valence-corrected chi connectivity index (χ2v) is 11.9. The predicted octanol–water partition coefficient (Wildman–Crippen LogP) is 5.07. The first-order chi connectivity index (χ1) is 19.5. The molecule has 0 aliphatic carbocycles. The van der Waals surface area contributed by atoms with Crippen LogP contribution in [0.15, 0.2) is 65.6 Å². The van der Waals surface area contributed by atoms with Gasteiger partial charge in [-0.1, -0.05) is 53.9 Å². The Labute approximate surface area is 251 Å². The number of nitrogens with one attached hydrogen (secondary N) is 1. The molecule has 2 amide bonds. The molecule has 0 saturated carbocycles. The van der Waals surface area contributed by atoms with Crippen LogP contribution in [0.5, 0.6) is 11.5 Å². The van der Waals surface area contributed by atoms with Gasteiger partial charge in [-0.15, -0.1) is 0 Å². The first kappa shape index (κ1) is 32.0. The Bertz CT molecular complexity index is 1500. The minimum atomic E-state index is -4.24. The lowest BCUT2D eigenvalue weighted by molar-refractivity contribution is -0.140. The van der Waals surface area contributed by atoms with Gasteiger partial charge in [0.1, 0.15) is 12.6 Å². The van der Waals surface area contributed by atoms with Gasteiger partial charge in [0.15, 0.2) is 11.5 Å². The topological polar surface area (TPSA) is 105 Å². The van der Waals surface area contributed by atoms with E-state index < -0.39 is 34.4 Å². The third kappa shape index (κ3) is 7.44. The van der Waals surface area contributed by atoms with Crippen LogP contribution in [0, 0.1) is 6.92 Å². The van der Waals surface area contributed by atoms with Crippen molar-refractivity contribution in [3.8, 4) is 11.5 Å². The molecule has 0 aliphatic heterocycles. The average Bonchev–Trinajstić information content (AvgIpc) is 2.96. The van der Waals surface area contributed by atoms with E-state index in [-0.39, 0.29) is 29.3 Å². The van der Waals surface area contributed by atoms with Crippen LogP contribution in [-0.4, -0.2) is 59.0 Å². The highest BCUT2D eigenvalue weighted by Gasteiger charge is 2.34. The van der Waals surface area contributed by atoms with E-state index in [9.17, 15) is 18.0 Å². The van der Waals surface area contributed by atoms with E-state index in [4.69, 9.17) is 32.7 Å². The molecule has 0 spiro atoms. The minimum Gasteiger partial charge on any atom is -0.493 e. The molecule has 0 aromatic heterocycles. The number of hydrogen-bond donors (Lipinski definition) is 1. The molecule has 3 aromatic rings. The van der Waals surface area contributed by atoms with E-state index in [1.807, 2.05) is 6.92 Å². The Morgan fingerprint density at radius 1 is 0.951 bits per heavy atom. The van der Waals surface area contributed by atoms with Gasteiger partial charge in [0.2, 0.25) is 11.8 Å². The van der Waals surface area contributed by atoms with E-state index in [0.717, 1.165) is 9.87 Å². The zero-order valence-electron chi connectivity index (χ0n) is 23.5. The summed E-state index contributed by atoms with van der Waals surface area (Å²) in [5.74, 6) is -0.343. The molecular formula is C29H33Cl2N3O6S. The Morgan fingerprint density at radius 2 is 1.61 bits per heavy atom. The summed E-state index contributed by atoms with van der Waals surface area (Å²) < 4.78 is 39.7. The van der Waals surface area contributed by atoms with Gasteiger partial charge in [0, 0.05) is 29.7 Å². The second-order valence-electron chi connectivity index (χ2n) is 9.16. The number of halogens is 2. The van der Waals surface area contributed by atoms with Crippen LogP contribution < -0.4 is 19.1 Å². The zero-order valence-corrected chi connectivity index (χ0v) is 25.8. The molecule has 0 unspecified atom stereocenters. The van der Waals surface area contributed by atoms with Gasteiger partial charge in [0.05, 0.1) is 24.8 Å². The van der Waals surface area contributed by atoms with Crippen LogP contribution in [0.2, 0.25) is 10.0 Å². The number of amides is 2. The quantitative estimate of drug-likeness (QED) is 0.303. The fourth-order valence-electron chi connectivity index (χ4n) is 4.27. The summed E-state index contributed by atoms with van der Waals surface area (Å²) in [6.45, 7) is 2.95. The van der Waals surface area contributed by atoms with Crippen molar-refractivity contribution < 1.29 is 27.5 Å². The molecule has 220 valence electrons. The molecule has 0 radical (unpaired) electrons. The van der Waals surface area contributed by atoms with Crippen molar-refractivity contribution in [3.63, 3.8) is 0 Å². The number of anilines is 1. The predicted molar refractivity (Wildman–Crippen MR) is 160 cm³/mol. The van der Waals surface area contributed by atoms with E-state index in [1.54, 1.807) is 43.3 Å². The Balaban J connectivity index is 2.13. The molecule has 0 aliphatic rings. The molecule has 0 heterocycles. The van der Waals surface area contributed by atoms with Crippen molar-refractivity contribution in [2.24, 2.45) is 0 Å². The second kappa shape index (κ2) is 13.9. The SMILES string of the molecule is CC[C@H](C(=O)NC)N(Cc1ccc(Cl)cc1Cl)C(=O)CN(c1ccc(OC)c(OC)c1)S(=O)(=O)c1ccc(C)cc1. The molecule has 1 atom stereocenters. The number of sulfonamides is 1. The van der Waals surface area contributed by atoms with E-state index >= 15 is 0 Å². The van der Waals surface area contributed by atoms with Gasteiger partial charge in [0.25, 0.3) is 10.0 Å². The summed E-state index contributed by atoms with van der Waals surface area (Å²) >= 11 is 12.5.